The van der Waals surface area contributed by atoms with Gasteiger partial charge in [-0.1, -0.05) is 13.0 Å². The largest absolute Gasteiger partial charge is 0.497 e. The van der Waals surface area contributed by atoms with E-state index in [1.165, 1.54) is 0 Å². The highest BCUT2D eigenvalue weighted by molar-refractivity contribution is 6.06. The number of benzene rings is 2. The average molecular weight is 381 g/mol. The van der Waals surface area contributed by atoms with Crippen molar-refractivity contribution in [2.45, 2.75) is 13.3 Å². The summed E-state index contributed by atoms with van der Waals surface area (Å²) in [6.07, 6.45) is 0.689. The molecule has 0 atom stereocenters. The van der Waals surface area contributed by atoms with Gasteiger partial charge in [-0.3, -0.25) is 9.89 Å². The number of nitrogens with zero attached hydrogens (tertiary/aromatic N) is 1. The fourth-order valence-electron chi connectivity index (χ4n) is 2.91. The maximum Gasteiger partial charge on any atom is 0.255 e. The van der Waals surface area contributed by atoms with Gasteiger partial charge >= 0.3 is 0 Å². The standard InChI is InChI=1S/C21H23N3O4/c1-5-16-20(22-21(25)14-7-6-8-15(11-14)26-2)19(24-23-16)13-9-10-17(27-3)18(12-13)28-4/h6-12H,5H2,1-4H3,(H,22,25)(H,23,24). The van der Waals surface area contributed by atoms with E-state index < -0.39 is 0 Å². The maximum atomic E-state index is 12.8. The van der Waals surface area contributed by atoms with Gasteiger partial charge in [-0.15, -0.1) is 0 Å². The van der Waals surface area contributed by atoms with E-state index in [1.54, 1.807) is 45.6 Å². The minimum atomic E-state index is -0.239. The third kappa shape index (κ3) is 3.78. The summed E-state index contributed by atoms with van der Waals surface area (Å²) < 4.78 is 15.9. The fourth-order valence-corrected chi connectivity index (χ4v) is 2.91. The van der Waals surface area contributed by atoms with Crippen molar-refractivity contribution >= 4 is 11.6 Å². The van der Waals surface area contributed by atoms with Crippen molar-refractivity contribution < 1.29 is 19.0 Å². The van der Waals surface area contributed by atoms with Gasteiger partial charge in [0.05, 0.1) is 32.7 Å². The highest BCUT2D eigenvalue weighted by Crippen LogP contribution is 2.36. The molecule has 0 saturated carbocycles. The molecule has 0 spiro atoms. The molecule has 7 nitrogen and oxygen atoms in total. The number of hydrogen-bond donors (Lipinski definition) is 2. The van der Waals surface area contributed by atoms with E-state index in [-0.39, 0.29) is 5.91 Å². The molecule has 1 amide bonds. The molecular weight excluding hydrogens is 358 g/mol. The first-order chi connectivity index (χ1) is 13.6. The Kier molecular flexibility index (Phi) is 5.84. The zero-order chi connectivity index (χ0) is 20.1. The van der Waals surface area contributed by atoms with Crippen molar-refractivity contribution in [3.05, 3.63) is 53.7 Å². The molecule has 0 unspecified atom stereocenters. The lowest BCUT2D eigenvalue weighted by Crippen LogP contribution is -2.13. The highest BCUT2D eigenvalue weighted by atomic mass is 16.5. The number of H-pyrrole nitrogens is 1. The first-order valence-corrected chi connectivity index (χ1v) is 8.86. The Bertz CT molecular complexity index is 982. The molecule has 7 heteroatoms. The summed E-state index contributed by atoms with van der Waals surface area (Å²) in [6.45, 7) is 1.99. The van der Waals surface area contributed by atoms with Crippen LogP contribution in [0.3, 0.4) is 0 Å². The van der Waals surface area contributed by atoms with Crippen molar-refractivity contribution in [1.82, 2.24) is 10.2 Å². The number of aromatic nitrogens is 2. The molecule has 0 aliphatic rings. The summed E-state index contributed by atoms with van der Waals surface area (Å²) in [4.78, 5) is 12.8. The third-order valence-corrected chi connectivity index (χ3v) is 4.42. The topological polar surface area (TPSA) is 85.5 Å². The lowest BCUT2D eigenvalue weighted by atomic mass is 10.1. The summed E-state index contributed by atoms with van der Waals surface area (Å²) in [5, 5.41) is 10.4. The van der Waals surface area contributed by atoms with Crippen molar-refractivity contribution in [2.24, 2.45) is 0 Å². The second kappa shape index (κ2) is 8.47. The first kappa shape index (κ1) is 19.3. The number of hydrogen-bond acceptors (Lipinski definition) is 5. The number of carbonyl (C=O) groups is 1. The first-order valence-electron chi connectivity index (χ1n) is 8.86. The van der Waals surface area contributed by atoms with Gasteiger partial charge in [0.2, 0.25) is 0 Å². The predicted octanol–water partition coefficient (Wildman–Crippen LogP) is 3.92. The number of anilines is 1. The Morgan fingerprint density at radius 3 is 2.50 bits per heavy atom. The van der Waals surface area contributed by atoms with Crippen LogP contribution in [0, 0.1) is 0 Å². The van der Waals surface area contributed by atoms with Crippen LogP contribution in [0.5, 0.6) is 17.2 Å². The number of rotatable bonds is 7. The molecule has 0 fully saturated rings. The molecule has 3 aromatic rings. The molecule has 3 rings (SSSR count). The number of aryl methyl sites for hydroxylation is 1. The zero-order valence-electron chi connectivity index (χ0n) is 16.3. The Hall–Kier alpha value is -3.48. The van der Waals surface area contributed by atoms with E-state index in [4.69, 9.17) is 14.2 Å². The summed E-state index contributed by atoms with van der Waals surface area (Å²) in [5.41, 5.74) is 3.41. The fraction of sp³-hybridized carbons (Fsp3) is 0.238. The number of carbonyl (C=O) groups excluding carboxylic acids is 1. The van der Waals surface area contributed by atoms with Crippen LogP contribution >= 0.6 is 0 Å². The molecule has 2 aromatic carbocycles. The van der Waals surface area contributed by atoms with E-state index in [1.807, 2.05) is 25.1 Å². The predicted molar refractivity (Wildman–Crippen MR) is 107 cm³/mol. The van der Waals surface area contributed by atoms with Crippen molar-refractivity contribution in [3.63, 3.8) is 0 Å². The van der Waals surface area contributed by atoms with Crippen LogP contribution in [0.2, 0.25) is 0 Å². The summed E-state index contributed by atoms with van der Waals surface area (Å²) in [6, 6.07) is 12.5. The van der Waals surface area contributed by atoms with Crippen LogP contribution < -0.4 is 19.5 Å². The van der Waals surface area contributed by atoms with Crippen molar-refractivity contribution in [3.8, 4) is 28.5 Å². The van der Waals surface area contributed by atoms with Crippen LogP contribution in [0.1, 0.15) is 23.0 Å². The number of amides is 1. The van der Waals surface area contributed by atoms with Crippen LogP contribution in [0.15, 0.2) is 42.5 Å². The molecule has 1 aromatic heterocycles. The zero-order valence-corrected chi connectivity index (χ0v) is 16.3. The molecular formula is C21H23N3O4. The van der Waals surface area contributed by atoms with E-state index >= 15 is 0 Å². The van der Waals surface area contributed by atoms with E-state index in [9.17, 15) is 4.79 Å². The van der Waals surface area contributed by atoms with Gasteiger partial charge in [0.1, 0.15) is 11.4 Å². The van der Waals surface area contributed by atoms with Crippen LogP contribution in [0.25, 0.3) is 11.3 Å². The Morgan fingerprint density at radius 1 is 1.04 bits per heavy atom. The number of methoxy groups -OCH3 is 3. The number of ether oxygens (including phenoxy) is 3. The second-order valence-corrected chi connectivity index (χ2v) is 6.04. The monoisotopic (exact) mass is 381 g/mol. The summed E-state index contributed by atoms with van der Waals surface area (Å²) >= 11 is 0. The molecule has 0 radical (unpaired) electrons. The van der Waals surface area contributed by atoms with E-state index in [2.05, 4.69) is 15.5 Å². The van der Waals surface area contributed by atoms with Gasteiger partial charge in [0.25, 0.3) is 5.91 Å². The van der Waals surface area contributed by atoms with E-state index in [0.29, 0.717) is 40.6 Å². The third-order valence-electron chi connectivity index (χ3n) is 4.42. The van der Waals surface area contributed by atoms with Gasteiger partial charge in [0.15, 0.2) is 11.5 Å². The van der Waals surface area contributed by atoms with Crippen LogP contribution in [0.4, 0.5) is 5.69 Å². The van der Waals surface area contributed by atoms with Gasteiger partial charge < -0.3 is 19.5 Å². The lowest BCUT2D eigenvalue weighted by molar-refractivity contribution is 0.102. The van der Waals surface area contributed by atoms with Gasteiger partial charge in [-0.25, -0.2) is 0 Å². The molecule has 0 aliphatic carbocycles. The second-order valence-electron chi connectivity index (χ2n) is 6.04. The minimum absolute atomic E-state index is 0.239. The van der Waals surface area contributed by atoms with E-state index in [0.717, 1.165) is 11.3 Å². The molecule has 1 heterocycles. The minimum Gasteiger partial charge on any atom is -0.497 e. The van der Waals surface area contributed by atoms with Gasteiger partial charge in [-0.2, -0.15) is 5.10 Å². The SMILES string of the molecule is CCc1[nH]nc(-c2ccc(OC)c(OC)c2)c1NC(=O)c1cccc(OC)c1. The molecule has 146 valence electrons. The van der Waals surface area contributed by atoms with Crippen molar-refractivity contribution in [2.75, 3.05) is 26.6 Å². The smallest absolute Gasteiger partial charge is 0.255 e. The average Bonchev–Trinajstić information content (AvgIpc) is 3.15. The maximum absolute atomic E-state index is 12.8. The molecule has 0 saturated heterocycles. The lowest BCUT2D eigenvalue weighted by Gasteiger charge is -2.11. The Balaban J connectivity index is 1.98. The highest BCUT2D eigenvalue weighted by Gasteiger charge is 2.19. The molecule has 0 aliphatic heterocycles. The van der Waals surface area contributed by atoms with Crippen molar-refractivity contribution in [1.29, 1.82) is 0 Å². The molecule has 2 N–H and O–H groups in total. The Labute approximate surface area is 163 Å². The van der Waals surface area contributed by atoms with Gasteiger partial charge in [-0.05, 0) is 42.8 Å². The number of aromatic amines is 1. The summed E-state index contributed by atoms with van der Waals surface area (Å²) in [5.74, 6) is 1.60. The quantitative estimate of drug-likeness (QED) is 0.648. The Morgan fingerprint density at radius 2 is 1.82 bits per heavy atom. The van der Waals surface area contributed by atoms with Crippen LogP contribution in [-0.2, 0) is 6.42 Å². The van der Waals surface area contributed by atoms with Gasteiger partial charge in [0, 0.05) is 11.1 Å². The molecule has 0 bridgehead atoms. The molecule has 28 heavy (non-hydrogen) atoms. The normalized spacial score (nSPS) is 10.4. The number of nitrogens with one attached hydrogen (secondary N) is 2. The van der Waals surface area contributed by atoms with Crippen LogP contribution in [-0.4, -0.2) is 37.4 Å². The summed E-state index contributed by atoms with van der Waals surface area (Å²) in [7, 11) is 4.73.